The van der Waals surface area contributed by atoms with Gasteiger partial charge in [-0.1, -0.05) is 19.8 Å². The Labute approximate surface area is 113 Å². The van der Waals surface area contributed by atoms with Crippen molar-refractivity contribution in [1.29, 1.82) is 0 Å². The molecule has 6 heteroatoms. The number of rotatable bonds is 6. The van der Waals surface area contributed by atoms with E-state index in [1.54, 1.807) is 0 Å². The Balaban J connectivity index is 2.09. The number of nitrogens with one attached hydrogen (secondary N) is 2. The van der Waals surface area contributed by atoms with Crippen LogP contribution in [-0.2, 0) is 4.79 Å². The number of urea groups is 1. The van der Waals surface area contributed by atoms with E-state index in [9.17, 15) is 9.59 Å². The van der Waals surface area contributed by atoms with Crippen LogP contribution in [0.5, 0.6) is 0 Å². The average molecular weight is 272 g/mol. The molecule has 1 fully saturated rings. The number of carboxylic acid groups (broad SMARTS) is 1. The fourth-order valence-corrected chi connectivity index (χ4v) is 2.49. The monoisotopic (exact) mass is 272 g/mol. The largest absolute Gasteiger partial charge is 0.479 e. The Bertz CT molecular complexity index is 309. The van der Waals surface area contributed by atoms with Crippen LogP contribution in [0.1, 0.15) is 39.0 Å². The van der Waals surface area contributed by atoms with Gasteiger partial charge in [-0.25, -0.2) is 9.59 Å². The summed E-state index contributed by atoms with van der Waals surface area (Å²) in [5.41, 5.74) is 0. The van der Waals surface area contributed by atoms with Crippen LogP contribution < -0.4 is 10.6 Å². The molecule has 4 N–H and O–H groups in total. The lowest BCUT2D eigenvalue weighted by molar-refractivity contribution is -0.146. The molecular weight excluding hydrogens is 248 g/mol. The molecule has 1 saturated carbocycles. The smallest absolute Gasteiger partial charge is 0.332 e. The van der Waals surface area contributed by atoms with Gasteiger partial charge in [0.25, 0.3) is 0 Å². The van der Waals surface area contributed by atoms with Gasteiger partial charge in [-0.2, -0.15) is 0 Å². The molecule has 1 aliphatic carbocycles. The number of amides is 2. The third-order valence-corrected chi connectivity index (χ3v) is 3.58. The van der Waals surface area contributed by atoms with Crippen molar-refractivity contribution in [2.75, 3.05) is 13.1 Å². The summed E-state index contributed by atoms with van der Waals surface area (Å²) in [6.07, 6.45) is 3.40. The zero-order chi connectivity index (χ0) is 14.3. The lowest BCUT2D eigenvalue weighted by Crippen LogP contribution is -2.40. The highest BCUT2D eigenvalue weighted by Gasteiger charge is 2.19. The second kappa shape index (κ2) is 7.99. The lowest BCUT2D eigenvalue weighted by atomic mass is 9.82. The van der Waals surface area contributed by atoms with Gasteiger partial charge < -0.3 is 20.8 Å². The summed E-state index contributed by atoms with van der Waals surface area (Å²) in [4.78, 5) is 21.8. The van der Waals surface area contributed by atoms with Crippen molar-refractivity contribution < 1.29 is 19.8 Å². The van der Waals surface area contributed by atoms with Crippen LogP contribution in [0.25, 0.3) is 0 Å². The fourth-order valence-electron chi connectivity index (χ4n) is 2.49. The number of hydrogen-bond acceptors (Lipinski definition) is 3. The second-order valence-corrected chi connectivity index (χ2v) is 5.42. The van der Waals surface area contributed by atoms with Crippen molar-refractivity contribution in [3.8, 4) is 0 Å². The maximum Gasteiger partial charge on any atom is 0.332 e. The van der Waals surface area contributed by atoms with Crippen molar-refractivity contribution in [3.63, 3.8) is 0 Å². The summed E-state index contributed by atoms with van der Waals surface area (Å²) >= 11 is 0. The molecule has 110 valence electrons. The minimum atomic E-state index is -1.42. The summed E-state index contributed by atoms with van der Waals surface area (Å²) in [5, 5.41) is 22.8. The lowest BCUT2D eigenvalue weighted by Gasteiger charge is -2.26. The molecule has 0 aromatic carbocycles. The Morgan fingerprint density at radius 3 is 2.68 bits per heavy atom. The Hall–Kier alpha value is -1.30. The average Bonchev–Trinajstić information content (AvgIpc) is 2.36. The molecular formula is C13H24N2O4. The highest BCUT2D eigenvalue weighted by Crippen LogP contribution is 2.27. The van der Waals surface area contributed by atoms with Crippen LogP contribution in [0.2, 0.25) is 0 Å². The van der Waals surface area contributed by atoms with Crippen molar-refractivity contribution in [2.45, 2.75) is 45.1 Å². The van der Waals surface area contributed by atoms with Gasteiger partial charge in [0.05, 0.1) is 0 Å². The molecule has 0 spiro atoms. The van der Waals surface area contributed by atoms with Crippen molar-refractivity contribution in [3.05, 3.63) is 0 Å². The number of carbonyl (C=O) groups is 2. The van der Waals surface area contributed by atoms with Gasteiger partial charge in [0, 0.05) is 19.5 Å². The number of aliphatic hydroxyl groups is 1. The van der Waals surface area contributed by atoms with Gasteiger partial charge >= 0.3 is 12.0 Å². The normalized spacial score (nSPS) is 24.5. The highest BCUT2D eigenvalue weighted by atomic mass is 16.4. The van der Waals surface area contributed by atoms with E-state index in [0.717, 1.165) is 18.8 Å². The molecule has 6 nitrogen and oxygen atoms in total. The van der Waals surface area contributed by atoms with E-state index in [-0.39, 0.29) is 19.0 Å². The van der Waals surface area contributed by atoms with E-state index in [2.05, 4.69) is 17.6 Å². The minimum absolute atomic E-state index is 0.0171. The summed E-state index contributed by atoms with van der Waals surface area (Å²) < 4.78 is 0. The first-order valence-electron chi connectivity index (χ1n) is 6.91. The molecule has 2 amide bonds. The predicted molar refractivity (Wildman–Crippen MR) is 70.8 cm³/mol. The molecule has 0 heterocycles. The summed E-state index contributed by atoms with van der Waals surface area (Å²) in [5.74, 6) is 0.00633. The topological polar surface area (TPSA) is 98.7 Å². The van der Waals surface area contributed by atoms with E-state index >= 15 is 0 Å². The molecule has 0 radical (unpaired) electrons. The number of carboxylic acids is 1. The number of aliphatic carboxylic acids is 1. The highest BCUT2D eigenvalue weighted by molar-refractivity contribution is 5.74. The van der Waals surface area contributed by atoms with Gasteiger partial charge in [0.1, 0.15) is 0 Å². The Morgan fingerprint density at radius 2 is 2.05 bits per heavy atom. The third-order valence-electron chi connectivity index (χ3n) is 3.58. The van der Waals surface area contributed by atoms with Gasteiger partial charge in [-0.3, -0.25) is 0 Å². The Morgan fingerprint density at radius 1 is 1.32 bits per heavy atom. The van der Waals surface area contributed by atoms with Crippen LogP contribution >= 0.6 is 0 Å². The molecule has 0 aromatic heterocycles. The molecule has 0 aliphatic heterocycles. The van der Waals surface area contributed by atoms with E-state index < -0.39 is 12.1 Å². The molecule has 0 saturated heterocycles. The summed E-state index contributed by atoms with van der Waals surface area (Å²) in [7, 11) is 0. The van der Waals surface area contributed by atoms with Crippen molar-refractivity contribution in [1.82, 2.24) is 10.6 Å². The van der Waals surface area contributed by atoms with Gasteiger partial charge in [0.15, 0.2) is 6.10 Å². The van der Waals surface area contributed by atoms with Gasteiger partial charge in [-0.05, 0) is 24.7 Å². The van der Waals surface area contributed by atoms with Crippen LogP contribution in [-0.4, -0.2) is 41.4 Å². The number of hydrogen-bond donors (Lipinski definition) is 4. The summed E-state index contributed by atoms with van der Waals surface area (Å²) in [6.45, 7) is 3.05. The zero-order valence-corrected chi connectivity index (χ0v) is 11.4. The Kier molecular flexibility index (Phi) is 6.62. The van der Waals surface area contributed by atoms with Crippen molar-refractivity contribution in [2.24, 2.45) is 11.8 Å². The fraction of sp³-hybridized carbons (Fsp3) is 0.846. The van der Waals surface area contributed by atoms with Crippen LogP contribution in [0.4, 0.5) is 4.79 Å². The predicted octanol–water partition coefficient (Wildman–Crippen LogP) is 0.947. The first kappa shape index (κ1) is 15.8. The van der Waals surface area contributed by atoms with Crippen LogP contribution in [0.15, 0.2) is 0 Å². The van der Waals surface area contributed by atoms with Crippen molar-refractivity contribution >= 4 is 12.0 Å². The van der Waals surface area contributed by atoms with E-state index in [4.69, 9.17) is 10.2 Å². The molecule has 1 aliphatic rings. The van der Waals surface area contributed by atoms with Crippen LogP contribution in [0.3, 0.4) is 0 Å². The molecule has 0 bridgehead atoms. The van der Waals surface area contributed by atoms with Crippen LogP contribution in [0, 0.1) is 11.8 Å². The van der Waals surface area contributed by atoms with Gasteiger partial charge in [-0.15, -0.1) is 0 Å². The summed E-state index contributed by atoms with van der Waals surface area (Å²) in [6, 6.07) is -0.296. The first-order chi connectivity index (χ1) is 8.99. The van der Waals surface area contributed by atoms with E-state index in [0.29, 0.717) is 12.5 Å². The molecule has 3 unspecified atom stereocenters. The van der Waals surface area contributed by atoms with E-state index in [1.165, 1.54) is 12.8 Å². The molecule has 1 rings (SSSR count). The second-order valence-electron chi connectivity index (χ2n) is 5.42. The zero-order valence-electron chi connectivity index (χ0n) is 11.4. The maximum absolute atomic E-state index is 11.5. The molecule has 19 heavy (non-hydrogen) atoms. The number of carbonyl (C=O) groups excluding carboxylic acids is 1. The minimum Gasteiger partial charge on any atom is -0.479 e. The first-order valence-corrected chi connectivity index (χ1v) is 6.91. The standard InChI is InChI=1S/C13H24N2O4/c1-9-3-2-4-10(7-9)8-15-13(19)14-6-5-11(16)12(17)18/h9-11,16H,2-8H2,1H3,(H,17,18)(H2,14,15,19). The third kappa shape index (κ3) is 6.42. The molecule has 0 aromatic rings. The SMILES string of the molecule is CC1CCCC(CNC(=O)NCCC(O)C(=O)O)C1. The van der Waals surface area contributed by atoms with E-state index in [1.807, 2.05) is 0 Å². The quantitative estimate of drug-likeness (QED) is 0.578. The molecule has 3 atom stereocenters. The van der Waals surface area contributed by atoms with Gasteiger partial charge in [0.2, 0.25) is 0 Å². The number of aliphatic hydroxyl groups excluding tert-OH is 1. The maximum atomic E-state index is 11.5.